The molecule has 0 bridgehead atoms. The molecule has 0 atom stereocenters. The van der Waals surface area contributed by atoms with Gasteiger partial charge in [-0.3, -0.25) is 0 Å². The maximum atomic E-state index is 11.2. The van der Waals surface area contributed by atoms with E-state index in [0.717, 1.165) is 18.1 Å². The fourth-order valence-corrected chi connectivity index (χ4v) is 3.10. The molecule has 0 unspecified atom stereocenters. The van der Waals surface area contributed by atoms with Gasteiger partial charge in [-0.15, -0.1) is 0 Å². The van der Waals surface area contributed by atoms with Gasteiger partial charge in [0.05, 0.1) is 4.90 Å². The molecule has 76 valence electrons. The van der Waals surface area contributed by atoms with Crippen LogP contribution < -0.4 is 0 Å². The Bertz CT molecular complexity index is 451. The van der Waals surface area contributed by atoms with E-state index in [4.69, 9.17) is 0 Å². The number of rotatable bonds is 3. The van der Waals surface area contributed by atoms with Crippen molar-refractivity contribution in [1.29, 1.82) is 0 Å². The third kappa shape index (κ3) is 2.65. The summed E-state index contributed by atoms with van der Waals surface area (Å²) in [5, 5.41) is 0. The average molecular weight is 277 g/mol. The lowest BCUT2D eigenvalue weighted by atomic mass is 10.2. The molecule has 0 N–H and O–H groups in total. The summed E-state index contributed by atoms with van der Waals surface area (Å²) in [5.41, 5.74) is 0.791. The van der Waals surface area contributed by atoms with Crippen LogP contribution in [0.3, 0.4) is 0 Å². The molecule has 0 spiro atoms. The van der Waals surface area contributed by atoms with E-state index in [0.29, 0.717) is 10.9 Å². The van der Waals surface area contributed by atoms with Crippen LogP contribution in [-0.4, -0.2) is 21.0 Å². The van der Waals surface area contributed by atoms with Crippen LogP contribution in [0.5, 0.6) is 0 Å². The Labute approximate surface area is 91.2 Å². The summed E-state index contributed by atoms with van der Waals surface area (Å²) >= 11 is 3.16. The zero-order chi connectivity index (χ0) is 10.8. The highest BCUT2D eigenvalue weighted by Gasteiger charge is 2.11. The maximum absolute atomic E-state index is 11.2. The molecular weight excluding hydrogens is 268 g/mol. The molecule has 1 aromatic carbocycles. The standard InChI is InChI=1S/C9H9BrO3S/c1-14(12,13)9-3-2-7(4-5-11)6-8(9)10/h2-3,5-6H,4H2,1H3. The molecule has 3 nitrogen and oxygen atoms in total. The zero-order valence-corrected chi connectivity index (χ0v) is 9.93. The fraction of sp³-hybridized carbons (Fsp3) is 0.222. The predicted octanol–water partition coefficient (Wildman–Crippen LogP) is 1.59. The van der Waals surface area contributed by atoms with Gasteiger partial charge in [-0.05, 0) is 33.6 Å². The molecule has 1 rings (SSSR count). The first-order valence-corrected chi connectivity index (χ1v) is 6.55. The number of halogens is 1. The lowest BCUT2D eigenvalue weighted by molar-refractivity contribution is -0.107. The Hall–Kier alpha value is -0.680. The van der Waals surface area contributed by atoms with Gasteiger partial charge in [0.1, 0.15) is 6.29 Å². The van der Waals surface area contributed by atoms with Crippen molar-refractivity contribution in [1.82, 2.24) is 0 Å². The quantitative estimate of drug-likeness (QED) is 0.788. The number of hydrogen-bond acceptors (Lipinski definition) is 3. The molecule has 14 heavy (non-hydrogen) atoms. The van der Waals surface area contributed by atoms with E-state index < -0.39 is 9.84 Å². The highest BCUT2D eigenvalue weighted by Crippen LogP contribution is 2.23. The first-order chi connectivity index (χ1) is 6.45. The lowest BCUT2D eigenvalue weighted by Gasteiger charge is -2.03. The van der Waals surface area contributed by atoms with Gasteiger partial charge >= 0.3 is 0 Å². The minimum atomic E-state index is -3.20. The minimum Gasteiger partial charge on any atom is -0.303 e. The first kappa shape index (κ1) is 11.4. The highest BCUT2D eigenvalue weighted by molar-refractivity contribution is 9.10. The van der Waals surface area contributed by atoms with Crippen LogP contribution in [0.1, 0.15) is 5.56 Å². The van der Waals surface area contributed by atoms with Gasteiger partial charge < -0.3 is 4.79 Å². The number of sulfone groups is 1. The van der Waals surface area contributed by atoms with E-state index in [1.807, 2.05) is 0 Å². The van der Waals surface area contributed by atoms with Crippen LogP contribution in [0.2, 0.25) is 0 Å². The van der Waals surface area contributed by atoms with Gasteiger partial charge in [0.15, 0.2) is 9.84 Å². The van der Waals surface area contributed by atoms with Crippen molar-refractivity contribution in [3.8, 4) is 0 Å². The summed E-state index contributed by atoms with van der Waals surface area (Å²) in [7, 11) is -3.20. The topological polar surface area (TPSA) is 51.2 Å². The molecule has 0 radical (unpaired) electrons. The van der Waals surface area contributed by atoms with Gasteiger partial charge in [0.25, 0.3) is 0 Å². The Balaban J connectivity index is 3.21. The fourth-order valence-electron chi connectivity index (χ4n) is 1.07. The van der Waals surface area contributed by atoms with Crippen molar-refractivity contribution in [2.75, 3.05) is 6.26 Å². The molecule has 0 saturated carbocycles. The molecule has 1 aromatic rings. The molecule has 0 aliphatic heterocycles. The Morgan fingerprint density at radius 2 is 2.07 bits per heavy atom. The average Bonchev–Trinajstić information content (AvgIpc) is 2.02. The third-order valence-corrected chi connectivity index (χ3v) is 3.79. The summed E-state index contributed by atoms with van der Waals surface area (Å²) in [6, 6.07) is 4.78. The predicted molar refractivity (Wildman–Crippen MR) is 57.0 cm³/mol. The van der Waals surface area contributed by atoms with E-state index in [1.165, 1.54) is 6.07 Å². The first-order valence-electron chi connectivity index (χ1n) is 3.87. The molecule has 0 aliphatic rings. The van der Waals surface area contributed by atoms with Gasteiger partial charge in [-0.2, -0.15) is 0 Å². The Morgan fingerprint density at radius 3 is 2.50 bits per heavy atom. The van der Waals surface area contributed by atoms with Crippen LogP contribution in [0.4, 0.5) is 0 Å². The van der Waals surface area contributed by atoms with Gasteiger partial charge in [-0.1, -0.05) is 6.07 Å². The molecular formula is C9H9BrO3S. The third-order valence-electron chi connectivity index (χ3n) is 1.71. The van der Waals surface area contributed by atoms with Gasteiger partial charge in [-0.25, -0.2) is 8.42 Å². The summed E-state index contributed by atoms with van der Waals surface area (Å²) in [5.74, 6) is 0. The van der Waals surface area contributed by atoms with Gasteiger partial charge in [0.2, 0.25) is 0 Å². The largest absolute Gasteiger partial charge is 0.303 e. The normalized spacial score (nSPS) is 11.3. The second kappa shape index (κ2) is 4.23. The van der Waals surface area contributed by atoms with Crippen molar-refractivity contribution in [2.45, 2.75) is 11.3 Å². The molecule has 0 aromatic heterocycles. The second-order valence-corrected chi connectivity index (χ2v) is 5.75. The van der Waals surface area contributed by atoms with Crippen LogP contribution >= 0.6 is 15.9 Å². The van der Waals surface area contributed by atoms with E-state index in [-0.39, 0.29) is 4.90 Å². The maximum Gasteiger partial charge on any atom is 0.176 e. The summed E-state index contributed by atoms with van der Waals surface area (Å²) in [6.45, 7) is 0. The minimum absolute atomic E-state index is 0.243. The summed E-state index contributed by atoms with van der Waals surface area (Å²) in [4.78, 5) is 10.5. The van der Waals surface area contributed by atoms with Crippen LogP contribution in [0.25, 0.3) is 0 Å². The monoisotopic (exact) mass is 276 g/mol. The number of carbonyl (C=O) groups is 1. The molecule has 0 saturated heterocycles. The molecule has 0 fully saturated rings. The van der Waals surface area contributed by atoms with E-state index in [2.05, 4.69) is 15.9 Å². The van der Waals surface area contributed by atoms with Gasteiger partial charge in [0, 0.05) is 17.1 Å². The van der Waals surface area contributed by atoms with E-state index in [1.54, 1.807) is 12.1 Å². The Morgan fingerprint density at radius 1 is 1.43 bits per heavy atom. The second-order valence-electron chi connectivity index (χ2n) is 2.91. The SMILES string of the molecule is CS(=O)(=O)c1ccc(CC=O)cc1Br. The Kier molecular flexibility index (Phi) is 3.44. The lowest BCUT2D eigenvalue weighted by Crippen LogP contribution is -1.99. The van der Waals surface area contributed by atoms with Crippen molar-refractivity contribution in [3.63, 3.8) is 0 Å². The van der Waals surface area contributed by atoms with Crippen molar-refractivity contribution < 1.29 is 13.2 Å². The van der Waals surface area contributed by atoms with Crippen LogP contribution in [0, 0.1) is 0 Å². The number of hydrogen-bond donors (Lipinski definition) is 0. The zero-order valence-electron chi connectivity index (χ0n) is 7.53. The van der Waals surface area contributed by atoms with Crippen LogP contribution in [0.15, 0.2) is 27.6 Å². The summed E-state index contributed by atoms with van der Waals surface area (Å²) in [6.07, 6.45) is 2.22. The van der Waals surface area contributed by atoms with E-state index in [9.17, 15) is 13.2 Å². The van der Waals surface area contributed by atoms with Crippen LogP contribution in [-0.2, 0) is 21.1 Å². The number of aldehydes is 1. The van der Waals surface area contributed by atoms with Crippen molar-refractivity contribution in [3.05, 3.63) is 28.2 Å². The molecule has 0 amide bonds. The van der Waals surface area contributed by atoms with Crippen molar-refractivity contribution in [2.24, 2.45) is 0 Å². The summed E-state index contributed by atoms with van der Waals surface area (Å²) < 4.78 is 22.9. The molecule has 0 heterocycles. The highest BCUT2D eigenvalue weighted by atomic mass is 79.9. The molecule has 0 aliphatic carbocycles. The van der Waals surface area contributed by atoms with E-state index >= 15 is 0 Å². The number of carbonyl (C=O) groups excluding carboxylic acids is 1. The smallest absolute Gasteiger partial charge is 0.176 e. The molecule has 5 heteroatoms. The van der Waals surface area contributed by atoms with Crippen molar-refractivity contribution >= 4 is 32.1 Å². The number of benzene rings is 1.